The third kappa shape index (κ3) is 5.95. The van der Waals surface area contributed by atoms with Gasteiger partial charge in [-0.25, -0.2) is 4.79 Å². The first-order valence-electron chi connectivity index (χ1n) is 10.0. The molecule has 0 fully saturated rings. The van der Waals surface area contributed by atoms with E-state index in [0.29, 0.717) is 35.8 Å². The summed E-state index contributed by atoms with van der Waals surface area (Å²) in [4.78, 5) is 25.2. The van der Waals surface area contributed by atoms with Crippen molar-refractivity contribution in [2.24, 2.45) is 5.92 Å². The van der Waals surface area contributed by atoms with Gasteiger partial charge in [-0.05, 0) is 49.4 Å². The van der Waals surface area contributed by atoms with E-state index in [1.807, 2.05) is 24.3 Å². The average Bonchev–Trinajstić information content (AvgIpc) is 2.67. The second-order valence-electron chi connectivity index (χ2n) is 7.31. The Labute approximate surface area is 167 Å². The Bertz CT molecular complexity index is 777. The first-order chi connectivity index (χ1) is 13.5. The Hall–Kier alpha value is -2.62. The van der Waals surface area contributed by atoms with E-state index in [0.717, 1.165) is 12.8 Å². The van der Waals surface area contributed by atoms with Crippen LogP contribution in [0.2, 0.25) is 0 Å². The van der Waals surface area contributed by atoms with Crippen LogP contribution in [0.15, 0.2) is 48.5 Å². The number of hydrogen-bond donors (Lipinski definition) is 0. The monoisotopic (exact) mass is 382 g/mol. The van der Waals surface area contributed by atoms with Gasteiger partial charge in [0.15, 0.2) is 0 Å². The lowest BCUT2D eigenvalue weighted by molar-refractivity contribution is -0.145. The molecule has 0 saturated heterocycles. The summed E-state index contributed by atoms with van der Waals surface area (Å²) in [5.74, 6) is -0.477. The van der Waals surface area contributed by atoms with Crippen LogP contribution in [-0.4, -0.2) is 18.5 Å². The third-order valence-electron chi connectivity index (χ3n) is 4.50. The van der Waals surface area contributed by atoms with Gasteiger partial charge < -0.3 is 9.47 Å². The molecule has 0 aromatic heterocycles. The quantitative estimate of drug-likeness (QED) is 0.421. The van der Waals surface area contributed by atoms with Gasteiger partial charge in [-0.1, -0.05) is 57.5 Å². The molecule has 2 rings (SSSR count). The maximum Gasteiger partial charge on any atom is 0.343 e. The SMILES string of the molecule is CCCc1ccc(C(=O)Oc2ccccc2C(CC(C)C)C(=O)OCC)cc1. The molecule has 1 unspecified atom stereocenters. The maximum absolute atomic E-state index is 12.6. The molecule has 0 radical (unpaired) electrons. The minimum Gasteiger partial charge on any atom is -0.466 e. The molecule has 0 bridgehead atoms. The van der Waals surface area contributed by atoms with E-state index in [1.54, 1.807) is 31.2 Å². The molecule has 0 aliphatic carbocycles. The summed E-state index contributed by atoms with van der Waals surface area (Å²) in [6, 6.07) is 14.7. The van der Waals surface area contributed by atoms with Gasteiger partial charge in [0, 0.05) is 5.56 Å². The Balaban J connectivity index is 2.26. The normalized spacial score (nSPS) is 11.9. The van der Waals surface area contributed by atoms with Crippen molar-refractivity contribution in [1.82, 2.24) is 0 Å². The number of aryl methyl sites for hydroxylation is 1. The summed E-state index contributed by atoms with van der Waals surface area (Å²) in [6.45, 7) is 8.34. The first-order valence-corrected chi connectivity index (χ1v) is 10.0. The van der Waals surface area contributed by atoms with E-state index in [-0.39, 0.29) is 5.97 Å². The van der Waals surface area contributed by atoms with Gasteiger partial charge in [-0.15, -0.1) is 0 Å². The molecule has 150 valence electrons. The number of carbonyl (C=O) groups is 2. The third-order valence-corrected chi connectivity index (χ3v) is 4.50. The summed E-state index contributed by atoms with van der Waals surface area (Å²) in [7, 11) is 0. The smallest absolute Gasteiger partial charge is 0.343 e. The number of rotatable bonds is 9. The van der Waals surface area contributed by atoms with Crippen LogP contribution in [0, 0.1) is 5.92 Å². The summed E-state index contributed by atoms with van der Waals surface area (Å²) in [5.41, 5.74) is 2.37. The summed E-state index contributed by atoms with van der Waals surface area (Å²) in [5, 5.41) is 0. The number of ether oxygens (including phenoxy) is 2. The molecular weight excluding hydrogens is 352 g/mol. The molecule has 4 heteroatoms. The van der Waals surface area contributed by atoms with Gasteiger partial charge in [0.1, 0.15) is 5.75 Å². The number of carbonyl (C=O) groups excluding carboxylic acids is 2. The van der Waals surface area contributed by atoms with Crippen LogP contribution in [0.5, 0.6) is 5.75 Å². The lowest BCUT2D eigenvalue weighted by Crippen LogP contribution is -2.20. The molecule has 4 nitrogen and oxygen atoms in total. The van der Waals surface area contributed by atoms with Crippen molar-refractivity contribution in [1.29, 1.82) is 0 Å². The van der Waals surface area contributed by atoms with Gasteiger partial charge in [0.25, 0.3) is 0 Å². The Morgan fingerprint density at radius 2 is 1.64 bits per heavy atom. The van der Waals surface area contributed by atoms with Crippen LogP contribution in [0.4, 0.5) is 0 Å². The van der Waals surface area contributed by atoms with Crippen LogP contribution in [-0.2, 0) is 16.0 Å². The zero-order chi connectivity index (χ0) is 20.5. The fraction of sp³-hybridized carbons (Fsp3) is 0.417. The van der Waals surface area contributed by atoms with E-state index in [4.69, 9.17) is 9.47 Å². The van der Waals surface area contributed by atoms with Crippen molar-refractivity contribution in [3.63, 3.8) is 0 Å². The highest BCUT2D eigenvalue weighted by atomic mass is 16.5. The fourth-order valence-electron chi connectivity index (χ4n) is 3.18. The average molecular weight is 383 g/mol. The molecule has 0 saturated carbocycles. The minimum atomic E-state index is -0.462. The van der Waals surface area contributed by atoms with Crippen LogP contribution in [0.25, 0.3) is 0 Å². The number of esters is 2. The van der Waals surface area contributed by atoms with E-state index in [2.05, 4.69) is 20.8 Å². The molecule has 0 N–H and O–H groups in total. The molecule has 0 amide bonds. The second kappa shape index (κ2) is 10.6. The molecule has 28 heavy (non-hydrogen) atoms. The van der Waals surface area contributed by atoms with Gasteiger partial charge >= 0.3 is 11.9 Å². The number of hydrogen-bond acceptors (Lipinski definition) is 4. The van der Waals surface area contributed by atoms with E-state index >= 15 is 0 Å². The molecule has 0 aliphatic rings. The predicted octanol–water partition coefficient (Wildman–Crippen LogP) is 5.55. The van der Waals surface area contributed by atoms with Gasteiger partial charge in [0.05, 0.1) is 18.1 Å². The highest BCUT2D eigenvalue weighted by Gasteiger charge is 2.27. The first kappa shape index (κ1) is 21.7. The van der Waals surface area contributed by atoms with Crippen molar-refractivity contribution in [3.05, 3.63) is 65.2 Å². The van der Waals surface area contributed by atoms with Crippen molar-refractivity contribution < 1.29 is 19.1 Å². The van der Waals surface area contributed by atoms with E-state index in [9.17, 15) is 9.59 Å². The zero-order valence-electron chi connectivity index (χ0n) is 17.2. The summed E-state index contributed by atoms with van der Waals surface area (Å²) < 4.78 is 10.9. The minimum absolute atomic E-state index is 0.288. The molecular formula is C24H30O4. The van der Waals surface area contributed by atoms with Crippen LogP contribution < -0.4 is 4.74 Å². The Kier molecular flexibility index (Phi) is 8.24. The highest BCUT2D eigenvalue weighted by Crippen LogP contribution is 2.33. The molecule has 0 aliphatic heterocycles. The van der Waals surface area contributed by atoms with Crippen molar-refractivity contribution in [2.45, 2.75) is 52.9 Å². The Morgan fingerprint density at radius 1 is 0.964 bits per heavy atom. The molecule has 2 aromatic rings. The largest absolute Gasteiger partial charge is 0.466 e. The van der Waals surface area contributed by atoms with Gasteiger partial charge in [0.2, 0.25) is 0 Å². The zero-order valence-corrected chi connectivity index (χ0v) is 17.2. The fourth-order valence-corrected chi connectivity index (χ4v) is 3.18. The molecule has 1 atom stereocenters. The number of benzene rings is 2. The predicted molar refractivity (Wildman–Crippen MR) is 111 cm³/mol. The van der Waals surface area contributed by atoms with Crippen LogP contribution in [0.1, 0.15) is 67.9 Å². The molecule has 0 heterocycles. The molecule has 2 aromatic carbocycles. The lowest BCUT2D eigenvalue weighted by atomic mass is 9.89. The van der Waals surface area contributed by atoms with Crippen molar-refractivity contribution in [2.75, 3.05) is 6.61 Å². The molecule has 0 spiro atoms. The van der Waals surface area contributed by atoms with Crippen molar-refractivity contribution >= 4 is 11.9 Å². The van der Waals surface area contributed by atoms with Gasteiger partial charge in [-0.2, -0.15) is 0 Å². The number of para-hydroxylation sites is 1. The standard InChI is InChI=1S/C24H30O4/c1-5-9-18-12-14-19(15-13-18)23(25)28-22-11-8-7-10-20(22)21(16-17(3)4)24(26)27-6-2/h7-8,10-15,17,21H,5-6,9,16H2,1-4H3. The summed E-state index contributed by atoms with van der Waals surface area (Å²) in [6.07, 6.45) is 2.66. The maximum atomic E-state index is 12.6. The Morgan fingerprint density at radius 3 is 2.25 bits per heavy atom. The van der Waals surface area contributed by atoms with E-state index < -0.39 is 11.9 Å². The van der Waals surface area contributed by atoms with Crippen LogP contribution in [0.3, 0.4) is 0 Å². The highest BCUT2D eigenvalue weighted by molar-refractivity contribution is 5.91. The van der Waals surface area contributed by atoms with E-state index in [1.165, 1.54) is 5.56 Å². The topological polar surface area (TPSA) is 52.6 Å². The second-order valence-corrected chi connectivity index (χ2v) is 7.31. The van der Waals surface area contributed by atoms with Crippen LogP contribution >= 0.6 is 0 Å². The lowest BCUT2D eigenvalue weighted by Gasteiger charge is -2.20. The van der Waals surface area contributed by atoms with Gasteiger partial charge in [-0.3, -0.25) is 4.79 Å². The summed E-state index contributed by atoms with van der Waals surface area (Å²) >= 11 is 0. The van der Waals surface area contributed by atoms with Crippen molar-refractivity contribution in [3.8, 4) is 5.75 Å².